The lowest BCUT2D eigenvalue weighted by Crippen LogP contribution is -2.42. The minimum atomic E-state index is -0.293. The van der Waals surface area contributed by atoms with E-state index >= 15 is 0 Å². The summed E-state index contributed by atoms with van der Waals surface area (Å²) < 4.78 is 13.8. The number of urea groups is 1. The molecule has 0 fully saturated rings. The van der Waals surface area contributed by atoms with Crippen molar-refractivity contribution in [1.29, 1.82) is 0 Å². The normalized spacial score (nSPS) is 19.8. The minimum Gasteiger partial charge on any atom is -0.349 e. The van der Waals surface area contributed by atoms with Gasteiger partial charge in [0.25, 0.3) is 0 Å². The van der Waals surface area contributed by atoms with Crippen molar-refractivity contribution in [1.82, 2.24) is 10.2 Å². The SMILES string of the molecule is CN(C)C(=O)CC1CN(C(=O)N[C@@H]2CCCc3ccc(F)cc32)c2ccc(Cl)cc21. The summed E-state index contributed by atoms with van der Waals surface area (Å²) in [5.74, 6) is -0.404. The summed E-state index contributed by atoms with van der Waals surface area (Å²) >= 11 is 6.19. The van der Waals surface area contributed by atoms with Crippen molar-refractivity contribution < 1.29 is 14.0 Å². The maximum atomic E-state index is 13.8. The van der Waals surface area contributed by atoms with Gasteiger partial charge in [-0.25, -0.2) is 9.18 Å². The molecule has 1 aliphatic heterocycles. The lowest BCUT2D eigenvalue weighted by molar-refractivity contribution is -0.129. The first-order valence-electron chi connectivity index (χ1n) is 10.2. The Morgan fingerprint density at radius 2 is 2.00 bits per heavy atom. The summed E-state index contributed by atoms with van der Waals surface area (Å²) in [5.41, 5.74) is 3.60. The minimum absolute atomic E-state index is 0.00451. The van der Waals surface area contributed by atoms with Crippen LogP contribution < -0.4 is 10.2 Å². The summed E-state index contributed by atoms with van der Waals surface area (Å²) in [6.45, 7) is 0.407. The van der Waals surface area contributed by atoms with Gasteiger partial charge < -0.3 is 10.2 Å². The third kappa shape index (κ3) is 4.01. The zero-order chi connectivity index (χ0) is 21.4. The summed E-state index contributed by atoms with van der Waals surface area (Å²) in [6.07, 6.45) is 2.91. The molecule has 0 spiro atoms. The highest BCUT2D eigenvalue weighted by atomic mass is 35.5. The third-order valence-corrected chi connectivity index (χ3v) is 6.24. The van der Waals surface area contributed by atoms with Gasteiger partial charge in [0.1, 0.15) is 5.82 Å². The van der Waals surface area contributed by atoms with E-state index in [1.165, 1.54) is 12.1 Å². The topological polar surface area (TPSA) is 52.7 Å². The first-order valence-corrected chi connectivity index (χ1v) is 10.6. The smallest absolute Gasteiger partial charge is 0.322 e. The molecule has 2 aliphatic rings. The average Bonchev–Trinajstić information content (AvgIpc) is 3.06. The van der Waals surface area contributed by atoms with Crippen molar-refractivity contribution in [3.8, 4) is 0 Å². The molecule has 0 bridgehead atoms. The van der Waals surface area contributed by atoms with Crippen LogP contribution in [0.3, 0.4) is 0 Å². The van der Waals surface area contributed by atoms with Crippen molar-refractivity contribution in [3.05, 3.63) is 63.9 Å². The Kier molecular flexibility index (Phi) is 5.69. The number of aryl methyl sites for hydroxylation is 1. The molecule has 0 aromatic heterocycles. The summed E-state index contributed by atoms with van der Waals surface area (Å²) in [4.78, 5) is 28.7. The Labute approximate surface area is 180 Å². The van der Waals surface area contributed by atoms with Crippen LogP contribution in [0.1, 0.15) is 47.9 Å². The van der Waals surface area contributed by atoms with Crippen LogP contribution in [0.5, 0.6) is 0 Å². The Bertz CT molecular complexity index is 994. The highest BCUT2D eigenvalue weighted by Gasteiger charge is 2.35. The van der Waals surface area contributed by atoms with Crippen LogP contribution in [0.2, 0.25) is 5.02 Å². The highest BCUT2D eigenvalue weighted by molar-refractivity contribution is 6.30. The molecule has 3 amide bonds. The quantitative estimate of drug-likeness (QED) is 0.772. The fourth-order valence-corrected chi connectivity index (χ4v) is 4.60. The van der Waals surface area contributed by atoms with Gasteiger partial charge in [0.2, 0.25) is 5.91 Å². The molecule has 1 heterocycles. The van der Waals surface area contributed by atoms with E-state index in [1.54, 1.807) is 36.0 Å². The predicted molar refractivity (Wildman–Crippen MR) is 115 cm³/mol. The molecular formula is C23H25ClFN3O2. The average molecular weight is 430 g/mol. The second-order valence-corrected chi connectivity index (χ2v) is 8.68. The number of amides is 3. The summed E-state index contributed by atoms with van der Waals surface area (Å²) in [6, 6.07) is 9.75. The molecular weight excluding hydrogens is 405 g/mol. The highest BCUT2D eigenvalue weighted by Crippen LogP contribution is 2.40. The van der Waals surface area contributed by atoms with Crippen LogP contribution in [-0.2, 0) is 11.2 Å². The number of rotatable bonds is 3. The van der Waals surface area contributed by atoms with Crippen molar-refractivity contribution in [3.63, 3.8) is 0 Å². The third-order valence-electron chi connectivity index (χ3n) is 6.01. The first-order chi connectivity index (χ1) is 14.3. The van der Waals surface area contributed by atoms with Gasteiger partial charge in [-0.3, -0.25) is 9.69 Å². The molecule has 2 aromatic carbocycles. The molecule has 0 saturated carbocycles. The van der Waals surface area contributed by atoms with Gasteiger partial charge in [0, 0.05) is 43.7 Å². The summed E-state index contributed by atoms with van der Waals surface area (Å²) in [5, 5.41) is 3.67. The van der Waals surface area contributed by atoms with E-state index in [9.17, 15) is 14.0 Å². The molecule has 4 rings (SSSR count). The maximum absolute atomic E-state index is 13.8. The molecule has 1 unspecified atom stereocenters. The van der Waals surface area contributed by atoms with E-state index < -0.39 is 0 Å². The Hall–Kier alpha value is -2.60. The largest absolute Gasteiger partial charge is 0.349 e. The molecule has 1 N–H and O–H groups in total. The number of nitrogens with one attached hydrogen (secondary N) is 1. The maximum Gasteiger partial charge on any atom is 0.322 e. The number of halogens is 2. The van der Waals surface area contributed by atoms with Gasteiger partial charge in [-0.2, -0.15) is 0 Å². The fraction of sp³-hybridized carbons (Fsp3) is 0.391. The standard InChI is InChI=1S/C23H25ClFN3O2/c1-27(2)22(29)10-15-13-28(21-9-7-16(24)11-19(15)21)23(30)26-20-5-3-4-14-6-8-17(25)12-18(14)20/h6-9,11-12,15,20H,3-5,10,13H2,1-2H3,(H,26,30)/t15?,20-/m1/s1. The molecule has 30 heavy (non-hydrogen) atoms. The number of hydrogen-bond donors (Lipinski definition) is 1. The number of fused-ring (bicyclic) bond motifs is 2. The van der Waals surface area contributed by atoms with Crippen LogP contribution in [-0.4, -0.2) is 37.5 Å². The van der Waals surface area contributed by atoms with Gasteiger partial charge >= 0.3 is 6.03 Å². The van der Waals surface area contributed by atoms with Gasteiger partial charge in [-0.15, -0.1) is 0 Å². The van der Waals surface area contributed by atoms with Gasteiger partial charge in [-0.1, -0.05) is 17.7 Å². The van der Waals surface area contributed by atoms with E-state index in [4.69, 9.17) is 11.6 Å². The van der Waals surface area contributed by atoms with Crippen molar-refractivity contribution in [2.24, 2.45) is 0 Å². The Morgan fingerprint density at radius 3 is 2.77 bits per heavy atom. The van der Waals surface area contributed by atoms with Crippen molar-refractivity contribution >= 4 is 29.2 Å². The molecule has 1 aliphatic carbocycles. The number of carbonyl (C=O) groups excluding carboxylic acids is 2. The summed E-state index contributed by atoms with van der Waals surface area (Å²) in [7, 11) is 3.45. The zero-order valence-corrected chi connectivity index (χ0v) is 17.9. The van der Waals surface area contributed by atoms with Crippen LogP contribution in [0.15, 0.2) is 36.4 Å². The second kappa shape index (κ2) is 8.26. The van der Waals surface area contributed by atoms with Crippen molar-refractivity contribution in [2.45, 2.75) is 37.6 Å². The van der Waals surface area contributed by atoms with Gasteiger partial charge in [0.15, 0.2) is 0 Å². The second-order valence-electron chi connectivity index (χ2n) is 8.24. The van der Waals surface area contributed by atoms with Gasteiger partial charge in [0.05, 0.1) is 6.04 Å². The number of hydrogen-bond acceptors (Lipinski definition) is 2. The van der Waals surface area contributed by atoms with Crippen LogP contribution in [0.25, 0.3) is 0 Å². The monoisotopic (exact) mass is 429 g/mol. The Balaban J connectivity index is 1.57. The van der Waals surface area contributed by atoms with Crippen LogP contribution in [0, 0.1) is 5.82 Å². The fourth-order valence-electron chi connectivity index (χ4n) is 4.42. The van der Waals surface area contributed by atoms with E-state index in [1.807, 2.05) is 12.1 Å². The van der Waals surface area contributed by atoms with Gasteiger partial charge in [-0.05, 0) is 66.3 Å². The van der Waals surface area contributed by atoms with E-state index in [0.29, 0.717) is 18.0 Å². The number of benzene rings is 2. The molecule has 158 valence electrons. The predicted octanol–water partition coefficient (Wildman–Crippen LogP) is 4.65. The molecule has 2 aromatic rings. The molecule has 0 saturated heterocycles. The van der Waals surface area contributed by atoms with Crippen LogP contribution in [0.4, 0.5) is 14.9 Å². The van der Waals surface area contributed by atoms with E-state index in [2.05, 4.69) is 5.32 Å². The van der Waals surface area contributed by atoms with E-state index in [0.717, 1.165) is 41.6 Å². The Morgan fingerprint density at radius 1 is 1.20 bits per heavy atom. The number of nitrogens with zero attached hydrogens (tertiary/aromatic N) is 2. The lowest BCUT2D eigenvalue weighted by atomic mass is 9.87. The zero-order valence-electron chi connectivity index (χ0n) is 17.1. The number of carbonyl (C=O) groups is 2. The first kappa shape index (κ1) is 20.7. The van der Waals surface area contributed by atoms with Crippen molar-refractivity contribution in [2.75, 3.05) is 25.5 Å². The van der Waals surface area contributed by atoms with Crippen LogP contribution >= 0.6 is 11.6 Å². The molecule has 7 heteroatoms. The molecule has 5 nitrogen and oxygen atoms in total. The lowest BCUT2D eigenvalue weighted by Gasteiger charge is -2.29. The molecule has 0 radical (unpaired) electrons. The molecule has 2 atom stereocenters. The number of anilines is 1. The van der Waals surface area contributed by atoms with E-state index in [-0.39, 0.29) is 29.7 Å².